The summed E-state index contributed by atoms with van der Waals surface area (Å²) >= 11 is 0. The van der Waals surface area contributed by atoms with Gasteiger partial charge in [0.15, 0.2) is 0 Å². The van der Waals surface area contributed by atoms with Crippen LogP contribution in [0.5, 0.6) is 11.6 Å². The minimum absolute atomic E-state index is 0.442. The SMILES string of the molecule is Cc1ccc(C)c(Oc2cc(C#N)ccn2)c1. The third-order valence-electron chi connectivity index (χ3n) is 2.42. The van der Waals surface area contributed by atoms with Gasteiger partial charge in [-0.05, 0) is 37.1 Å². The van der Waals surface area contributed by atoms with Crippen LogP contribution in [-0.2, 0) is 0 Å². The molecule has 0 spiro atoms. The first-order chi connectivity index (χ1) is 8.19. The predicted octanol–water partition coefficient (Wildman–Crippen LogP) is 3.36. The van der Waals surface area contributed by atoms with Crippen LogP contribution in [0.3, 0.4) is 0 Å². The quantitative estimate of drug-likeness (QED) is 0.785. The fourth-order valence-electron chi connectivity index (χ4n) is 1.46. The van der Waals surface area contributed by atoms with E-state index in [4.69, 9.17) is 10.00 Å². The molecule has 3 nitrogen and oxygen atoms in total. The van der Waals surface area contributed by atoms with Crippen molar-refractivity contribution in [3.63, 3.8) is 0 Å². The molecule has 1 heterocycles. The molecule has 0 N–H and O–H groups in total. The molecule has 2 aromatic rings. The molecule has 2 rings (SSSR count). The molecule has 0 amide bonds. The second-order valence-corrected chi connectivity index (χ2v) is 3.87. The summed E-state index contributed by atoms with van der Waals surface area (Å²) in [5, 5.41) is 8.79. The van der Waals surface area contributed by atoms with Crippen LogP contribution in [0.25, 0.3) is 0 Å². The van der Waals surface area contributed by atoms with E-state index in [1.807, 2.05) is 32.0 Å². The lowest BCUT2D eigenvalue weighted by molar-refractivity contribution is 0.459. The van der Waals surface area contributed by atoms with Crippen molar-refractivity contribution in [2.75, 3.05) is 0 Å². The topological polar surface area (TPSA) is 45.9 Å². The monoisotopic (exact) mass is 224 g/mol. The first kappa shape index (κ1) is 11.2. The van der Waals surface area contributed by atoms with Crippen LogP contribution in [0.2, 0.25) is 0 Å². The van der Waals surface area contributed by atoms with Gasteiger partial charge in [-0.1, -0.05) is 12.1 Å². The Hall–Kier alpha value is -2.34. The molecule has 0 aliphatic carbocycles. The third-order valence-corrected chi connectivity index (χ3v) is 2.42. The molecule has 0 saturated heterocycles. The fourth-order valence-corrected chi connectivity index (χ4v) is 1.46. The highest BCUT2D eigenvalue weighted by Gasteiger charge is 2.03. The number of aryl methyl sites for hydroxylation is 2. The lowest BCUT2D eigenvalue weighted by Gasteiger charge is -2.08. The van der Waals surface area contributed by atoms with Gasteiger partial charge in [-0.3, -0.25) is 0 Å². The van der Waals surface area contributed by atoms with E-state index in [-0.39, 0.29) is 0 Å². The van der Waals surface area contributed by atoms with Crippen molar-refractivity contribution in [1.29, 1.82) is 5.26 Å². The maximum atomic E-state index is 8.79. The van der Waals surface area contributed by atoms with Gasteiger partial charge in [0.25, 0.3) is 0 Å². The van der Waals surface area contributed by atoms with E-state index in [2.05, 4.69) is 11.1 Å². The summed E-state index contributed by atoms with van der Waals surface area (Å²) in [6.07, 6.45) is 1.57. The Bertz CT molecular complexity index is 585. The molecule has 0 aliphatic rings. The Kier molecular flexibility index (Phi) is 3.06. The number of hydrogen-bond donors (Lipinski definition) is 0. The third kappa shape index (κ3) is 2.61. The van der Waals surface area contributed by atoms with Gasteiger partial charge in [-0.25, -0.2) is 4.98 Å². The van der Waals surface area contributed by atoms with Crippen LogP contribution >= 0.6 is 0 Å². The summed E-state index contributed by atoms with van der Waals surface area (Å²) < 4.78 is 5.67. The molecule has 17 heavy (non-hydrogen) atoms. The van der Waals surface area contributed by atoms with Crippen LogP contribution in [0.4, 0.5) is 0 Å². The number of aromatic nitrogens is 1. The molecular formula is C14H12N2O. The van der Waals surface area contributed by atoms with Gasteiger partial charge in [0.2, 0.25) is 5.88 Å². The summed E-state index contributed by atoms with van der Waals surface area (Å²) in [4.78, 5) is 4.08. The maximum absolute atomic E-state index is 8.79. The van der Waals surface area contributed by atoms with Crippen molar-refractivity contribution >= 4 is 0 Å². The van der Waals surface area contributed by atoms with Crippen molar-refractivity contribution in [2.45, 2.75) is 13.8 Å². The number of rotatable bonds is 2. The van der Waals surface area contributed by atoms with Crippen LogP contribution in [0, 0.1) is 25.2 Å². The zero-order valence-corrected chi connectivity index (χ0v) is 9.77. The van der Waals surface area contributed by atoms with Crippen LogP contribution in [-0.4, -0.2) is 4.98 Å². The zero-order chi connectivity index (χ0) is 12.3. The summed E-state index contributed by atoms with van der Waals surface area (Å²) in [6.45, 7) is 3.98. The van der Waals surface area contributed by atoms with E-state index < -0.39 is 0 Å². The van der Waals surface area contributed by atoms with Gasteiger partial charge < -0.3 is 4.74 Å². The molecule has 0 bridgehead atoms. The van der Waals surface area contributed by atoms with E-state index in [1.165, 1.54) is 0 Å². The lowest BCUT2D eigenvalue weighted by Crippen LogP contribution is -1.91. The Balaban J connectivity index is 2.31. The Morgan fingerprint density at radius 3 is 2.76 bits per heavy atom. The van der Waals surface area contributed by atoms with E-state index in [0.717, 1.165) is 16.9 Å². The van der Waals surface area contributed by atoms with E-state index in [1.54, 1.807) is 18.3 Å². The van der Waals surface area contributed by atoms with E-state index in [9.17, 15) is 0 Å². The molecule has 1 aromatic heterocycles. The second kappa shape index (κ2) is 4.67. The van der Waals surface area contributed by atoms with Gasteiger partial charge >= 0.3 is 0 Å². The molecular weight excluding hydrogens is 212 g/mol. The fraction of sp³-hybridized carbons (Fsp3) is 0.143. The van der Waals surface area contributed by atoms with Gasteiger partial charge in [-0.15, -0.1) is 0 Å². The summed E-state index contributed by atoms with van der Waals surface area (Å²) in [7, 11) is 0. The number of nitriles is 1. The number of nitrogens with zero attached hydrogens (tertiary/aromatic N) is 2. The molecule has 84 valence electrons. The standard InChI is InChI=1S/C14H12N2O/c1-10-3-4-11(2)13(7-10)17-14-8-12(9-15)5-6-16-14/h3-8H,1-2H3. The van der Waals surface area contributed by atoms with E-state index >= 15 is 0 Å². The number of ether oxygens (including phenoxy) is 1. The van der Waals surface area contributed by atoms with Gasteiger partial charge in [-0.2, -0.15) is 5.26 Å². The maximum Gasteiger partial charge on any atom is 0.220 e. The number of hydrogen-bond acceptors (Lipinski definition) is 3. The summed E-state index contributed by atoms with van der Waals surface area (Å²) in [5.41, 5.74) is 2.71. The highest BCUT2D eigenvalue weighted by Crippen LogP contribution is 2.24. The van der Waals surface area contributed by atoms with Gasteiger partial charge in [0, 0.05) is 12.3 Å². The Labute approximate surface area is 100 Å². The molecule has 0 radical (unpaired) electrons. The molecule has 0 fully saturated rings. The van der Waals surface area contributed by atoms with Crippen molar-refractivity contribution in [3.05, 3.63) is 53.2 Å². The van der Waals surface area contributed by atoms with Crippen molar-refractivity contribution in [3.8, 4) is 17.7 Å². The molecule has 0 saturated carbocycles. The minimum atomic E-state index is 0.442. The van der Waals surface area contributed by atoms with Crippen molar-refractivity contribution in [2.24, 2.45) is 0 Å². The first-order valence-corrected chi connectivity index (χ1v) is 5.30. The van der Waals surface area contributed by atoms with Crippen LogP contribution in [0.1, 0.15) is 16.7 Å². The van der Waals surface area contributed by atoms with Crippen LogP contribution in [0.15, 0.2) is 36.5 Å². The average Bonchev–Trinajstić information content (AvgIpc) is 2.34. The molecule has 0 aliphatic heterocycles. The average molecular weight is 224 g/mol. The lowest BCUT2D eigenvalue weighted by atomic mass is 10.1. The summed E-state index contributed by atoms with van der Waals surface area (Å²) in [6, 6.07) is 11.3. The van der Waals surface area contributed by atoms with E-state index in [0.29, 0.717) is 11.4 Å². The Morgan fingerprint density at radius 2 is 2.00 bits per heavy atom. The normalized spacial score (nSPS) is 9.71. The highest BCUT2D eigenvalue weighted by atomic mass is 16.5. The minimum Gasteiger partial charge on any atom is -0.439 e. The van der Waals surface area contributed by atoms with Crippen molar-refractivity contribution < 1.29 is 4.74 Å². The smallest absolute Gasteiger partial charge is 0.220 e. The number of benzene rings is 1. The van der Waals surface area contributed by atoms with Crippen LogP contribution < -0.4 is 4.74 Å². The highest BCUT2D eigenvalue weighted by molar-refractivity contribution is 5.39. The first-order valence-electron chi connectivity index (χ1n) is 5.30. The van der Waals surface area contributed by atoms with Crippen molar-refractivity contribution in [1.82, 2.24) is 4.98 Å². The molecule has 0 atom stereocenters. The van der Waals surface area contributed by atoms with Gasteiger partial charge in [0.1, 0.15) is 5.75 Å². The Morgan fingerprint density at radius 1 is 1.18 bits per heavy atom. The second-order valence-electron chi connectivity index (χ2n) is 3.87. The molecule has 1 aromatic carbocycles. The molecule has 3 heteroatoms. The number of pyridine rings is 1. The van der Waals surface area contributed by atoms with Gasteiger partial charge in [0.05, 0.1) is 11.6 Å². The zero-order valence-electron chi connectivity index (χ0n) is 9.77. The largest absolute Gasteiger partial charge is 0.439 e. The molecule has 0 unspecified atom stereocenters. The predicted molar refractivity (Wildman–Crippen MR) is 64.9 cm³/mol. The summed E-state index contributed by atoms with van der Waals surface area (Å²) in [5.74, 6) is 1.21.